The van der Waals surface area contributed by atoms with Crippen molar-refractivity contribution in [3.8, 4) is 0 Å². The number of rotatable bonds is 3. The van der Waals surface area contributed by atoms with E-state index in [1.165, 1.54) is 44.9 Å². The predicted octanol–water partition coefficient (Wildman–Crippen LogP) is 6.13. The van der Waals surface area contributed by atoms with Gasteiger partial charge in [0.1, 0.15) is 0 Å². The molecule has 0 bridgehead atoms. The van der Waals surface area contributed by atoms with Crippen molar-refractivity contribution in [1.29, 1.82) is 0 Å². The maximum Gasteiger partial charge on any atom is 0.222 e. The van der Waals surface area contributed by atoms with Gasteiger partial charge in [-0.2, -0.15) is 0 Å². The smallest absolute Gasteiger partial charge is 0.222 e. The zero-order valence-corrected chi connectivity index (χ0v) is 20.1. The number of benzene rings is 1. The summed E-state index contributed by atoms with van der Waals surface area (Å²) in [5.41, 5.74) is 2.02. The highest BCUT2D eigenvalue weighted by Gasteiger charge is 2.72. The Morgan fingerprint density at radius 2 is 1.75 bits per heavy atom. The summed E-state index contributed by atoms with van der Waals surface area (Å²) in [5.74, 6) is 3.70. The molecule has 3 heteroatoms. The molecule has 3 nitrogen and oxygen atoms in total. The number of amides is 1. The van der Waals surface area contributed by atoms with Crippen LogP contribution in [0.5, 0.6) is 0 Å². The van der Waals surface area contributed by atoms with Gasteiger partial charge in [0, 0.05) is 31.5 Å². The van der Waals surface area contributed by atoms with E-state index in [9.17, 15) is 9.59 Å². The van der Waals surface area contributed by atoms with E-state index in [0.717, 1.165) is 42.6 Å². The van der Waals surface area contributed by atoms with E-state index < -0.39 is 0 Å². The van der Waals surface area contributed by atoms with E-state index in [2.05, 4.69) is 25.8 Å². The minimum Gasteiger partial charge on any atom is -0.342 e. The Balaban J connectivity index is 1.21. The van der Waals surface area contributed by atoms with Crippen molar-refractivity contribution in [3.05, 3.63) is 35.9 Å². The average Bonchev–Trinajstić information content (AvgIpc) is 3.41. The Bertz CT molecular complexity index is 942. The van der Waals surface area contributed by atoms with E-state index in [1.54, 1.807) is 0 Å². The molecule has 32 heavy (non-hydrogen) atoms. The lowest BCUT2D eigenvalue weighted by Gasteiger charge is -2.62. The van der Waals surface area contributed by atoms with E-state index in [0.29, 0.717) is 39.9 Å². The van der Waals surface area contributed by atoms with Gasteiger partial charge in [-0.3, -0.25) is 9.59 Å². The SMILES string of the molecule is CN1C(=O)CCC2(C)C3CCC4(C)C(CC[C@]45CC5CC(=O)c4ccccc4)C3CCC12. The fourth-order valence-corrected chi connectivity index (χ4v) is 9.94. The summed E-state index contributed by atoms with van der Waals surface area (Å²) in [6.45, 7) is 5.13. The third-order valence-corrected chi connectivity index (χ3v) is 11.7. The van der Waals surface area contributed by atoms with E-state index in [4.69, 9.17) is 0 Å². The number of ketones is 1. The number of likely N-dealkylation sites (tertiary alicyclic amines) is 1. The molecule has 1 saturated heterocycles. The zero-order valence-electron chi connectivity index (χ0n) is 20.1. The van der Waals surface area contributed by atoms with Gasteiger partial charge in [0.15, 0.2) is 5.78 Å². The summed E-state index contributed by atoms with van der Waals surface area (Å²) in [4.78, 5) is 27.5. The summed E-state index contributed by atoms with van der Waals surface area (Å²) < 4.78 is 0. The van der Waals surface area contributed by atoms with Crippen LogP contribution in [0, 0.1) is 39.9 Å². The van der Waals surface area contributed by atoms with Crippen LogP contribution in [0.4, 0.5) is 0 Å². The third-order valence-electron chi connectivity index (χ3n) is 11.7. The molecule has 5 aliphatic rings. The standard InChI is InChI=1S/C29H39NO2/c1-27-14-13-26(32)30(3)25(27)10-9-21-22(27)11-15-28(2)23(21)12-16-29(28)18-20(29)17-24(31)19-7-5-4-6-8-19/h4-8,20-23,25H,9-18H2,1-3H3/t20?,21?,22?,23?,25?,27?,28?,29-/m1/s1. The Morgan fingerprint density at radius 3 is 2.53 bits per heavy atom. The van der Waals surface area contributed by atoms with E-state index in [1.807, 2.05) is 30.3 Å². The molecule has 1 aliphatic heterocycles. The van der Waals surface area contributed by atoms with Gasteiger partial charge in [-0.1, -0.05) is 44.2 Å². The summed E-state index contributed by atoms with van der Waals surface area (Å²) in [6.07, 6.45) is 11.7. The van der Waals surface area contributed by atoms with Crippen molar-refractivity contribution in [2.24, 2.45) is 39.9 Å². The molecule has 172 valence electrons. The third kappa shape index (κ3) is 2.66. The number of nitrogens with zero attached hydrogens (tertiary/aromatic N) is 1. The lowest BCUT2D eigenvalue weighted by atomic mass is 9.46. The van der Waals surface area contributed by atoms with Crippen LogP contribution < -0.4 is 0 Å². The number of carbonyl (C=O) groups is 2. The summed E-state index contributed by atoms with van der Waals surface area (Å²) in [6, 6.07) is 10.4. The topological polar surface area (TPSA) is 37.4 Å². The first-order valence-electron chi connectivity index (χ1n) is 13.1. The normalized spacial score (nSPS) is 47.0. The van der Waals surface area contributed by atoms with Crippen molar-refractivity contribution in [1.82, 2.24) is 4.90 Å². The van der Waals surface area contributed by atoms with Gasteiger partial charge in [-0.05, 0) is 91.3 Å². The van der Waals surface area contributed by atoms with Crippen LogP contribution in [-0.2, 0) is 4.79 Å². The second kappa shape index (κ2) is 6.93. The van der Waals surface area contributed by atoms with Gasteiger partial charge in [0.2, 0.25) is 5.91 Å². The zero-order chi connectivity index (χ0) is 22.3. The summed E-state index contributed by atoms with van der Waals surface area (Å²) >= 11 is 0. The molecule has 7 unspecified atom stereocenters. The molecular formula is C29H39NO2. The monoisotopic (exact) mass is 433 g/mol. The first kappa shape index (κ1) is 20.9. The molecular weight excluding hydrogens is 394 g/mol. The van der Waals surface area contributed by atoms with Gasteiger partial charge in [0.25, 0.3) is 0 Å². The van der Waals surface area contributed by atoms with E-state index in [-0.39, 0.29) is 0 Å². The second-order valence-electron chi connectivity index (χ2n) is 12.5. The van der Waals surface area contributed by atoms with Crippen LogP contribution in [0.15, 0.2) is 30.3 Å². The number of hydrogen-bond donors (Lipinski definition) is 0. The molecule has 0 radical (unpaired) electrons. The van der Waals surface area contributed by atoms with E-state index >= 15 is 0 Å². The first-order valence-corrected chi connectivity index (χ1v) is 13.1. The Hall–Kier alpha value is -1.64. The molecule has 4 aliphatic carbocycles. The van der Waals surface area contributed by atoms with Crippen LogP contribution >= 0.6 is 0 Å². The van der Waals surface area contributed by atoms with Gasteiger partial charge in [-0.15, -0.1) is 0 Å². The molecule has 1 aromatic carbocycles. The highest BCUT2D eigenvalue weighted by molar-refractivity contribution is 5.96. The molecule has 0 N–H and O–H groups in total. The fraction of sp³-hybridized carbons (Fsp3) is 0.724. The van der Waals surface area contributed by atoms with Crippen LogP contribution in [0.1, 0.15) is 88.4 Å². The molecule has 6 rings (SSSR count). The minimum atomic E-state index is 0.300. The summed E-state index contributed by atoms with van der Waals surface area (Å²) in [7, 11) is 2.06. The quantitative estimate of drug-likeness (QED) is 0.538. The molecule has 4 saturated carbocycles. The average molecular weight is 434 g/mol. The lowest BCUT2D eigenvalue weighted by molar-refractivity contribution is -0.159. The van der Waals surface area contributed by atoms with Crippen molar-refractivity contribution < 1.29 is 9.59 Å². The Kier molecular flexibility index (Phi) is 4.54. The van der Waals surface area contributed by atoms with Crippen molar-refractivity contribution in [2.75, 3.05) is 7.05 Å². The van der Waals surface area contributed by atoms with Crippen molar-refractivity contribution in [2.45, 2.75) is 84.1 Å². The molecule has 1 heterocycles. The van der Waals surface area contributed by atoms with Gasteiger partial charge < -0.3 is 4.90 Å². The maximum absolute atomic E-state index is 13.0. The number of carbonyl (C=O) groups excluding carboxylic acids is 2. The highest BCUT2D eigenvalue weighted by Crippen LogP contribution is 2.79. The molecule has 1 amide bonds. The van der Waals surface area contributed by atoms with Crippen LogP contribution in [0.2, 0.25) is 0 Å². The van der Waals surface area contributed by atoms with Crippen LogP contribution in [0.25, 0.3) is 0 Å². The highest BCUT2D eigenvalue weighted by atomic mass is 16.2. The molecule has 1 aromatic rings. The predicted molar refractivity (Wildman–Crippen MR) is 126 cm³/mol. The Labute approximate surface area is 193 Å². The number of hydrogen-bond acceptors (Lipinski definition) is 2. The molecule has 0 aromatic heterocycles. The molecule has 8 atom stereocenters. The number of fused-ring (bicyclic) bond motifs is 6. The number of Topliss-reactive ketones (excluding diaryl/α,β-unsaturated/α-hetero) is 1. The second-order valence-corrected chi connectivity index (χ2v) is 12.5. The fourth-order valence-electron chi connectivity index (χ4n) is 9.94. The van der Waals surface area contributed by atoms with Gasteiger partial charge >= 0.3 is 0 Å². The molecule has 5 fully saturated rings. The summed E-state index contributed by atoms with van der Waals surface area (Å²) in [5, 5.41) is 0. The van der Waals surface area contributed by atoms with Crippen LogP contribution in [0.3, 0.4) is 0 Å². The maximum atomic E-state index is 13.0. The molecule has 1 spiro atoms. The van der Waals surface area contributed by atoms with Crippen LogP contribution in [-0.4, -0.2) is 29.7 Å². The van der Waals surface area contributed by atoms with Crippen molar-refractivity contribution >= 4 is 11.7 Å². The minimum absolute atomic E-state index is 0.300. The van der Waals surface area contributed by atoms with Gasteiger partial charge in [-0.25, -0.2) is 0 Å². The number of piperidine rings is 1. The largest absolute Gasteiger partial charge is 0.342 e. The Morgan fingerprint density at radius 1 is 1.00 bits per heavy atom. The van der Waals surface area contributed by atoms with Gasteiger partial charge in [0.05, 0.1) is 0 Å². The van der Waals surface area contributed by atoms with Crippen molar-refractivity contribution in [3.63, 3.8) is 0 Å². The first-order chi connectivity index (χ1) is 15.3. The lowest BCUT2D eigenvalue weighted by Crippen LogP contribution is -2.61.